The minimum atomic E-state index is 0.792. The van der Waals surface area contributed by atoms with Crippen LogP contribution in [0.1, 0.15) is 32.6 Å². The van der Waals surface area contributed by atoms with Crippen molar-refractivity contribution in [2.24, 2.45) is 0 Å². The lowest BCUT2D eigenvalue weighted by Crippen LogP contribution is -2.01. The Morgan fingerprint density at radius 2 is 1.95 bits per heavy atom. The van der Waals surface area contributed by atoms with Gasteiger partial charge >= 0.3 is 5.78 Å². The van der Waals surface area contributed by atoms with Crippen LogP contribution in [0.25, 0.3) is 0 Å². The van der Waals surface area contributed by atoms with E-state index in [1.807, 2.05) is 30.4 Å². The fourth-order valence-electron chi connectivity index (χ4n) is 2.29. The molecule has 0 amide bonds. The lowest BCUT2D eigenvalue weighted by atomic mass is 9.94. The third-order valence-corrected chi connectivity index (χ3v) is 3.51. The Kier molecular flexibility index (Phi) is 5.99. The van der Waals surface area contributed by atoms with Gasteiger partial charge in [-0.2, -0.15) is 5.57 Å². The molecule has 0 atom stereocenters. The molecule has 1 heteroatoms. The number of ketones is 1. The highest BCUT2D eigenvalue weighted by atomic mass is 16.4. The quantitative estimate of drug-likeness (QED) is 0.288. The number of allylic oxidation sites excluding steroid dienone is 10. The Bertz CT molecular complexity index is 582. The van der Waals surface area contributed by atoms with Gasteiger partial charge in [-0.1, -0.05) is 25.3 Å². The first-order chi connectivity index (χ1) is 10.3. The van der Waals surface area contributed by atoms with Gasteiger partial charge in [0.15, 0.2) is 0 Å². The third kappa shape index (κ3) is 4.44. The van der Waals surface area contributed by atoms with Crippen molar-refractivity contribution in [3.8, 4) is 0 Å². The van der Waals surface area contributed by atoms with Gasteiger partial charge < -0.3 is 0 Å². The predicted octanol–water partition coefficient (Wildman–Crippen LogP) is 4.73. The summed E-state index contributed by atoms with van der Waals surface area (Å²) >= 11 is 0. The molecule has 0 aliphatic heterocycles. The summed E-state index contributed by atoms with van der Waals surface area (Å²) in [6.45, 7) is 8.67. The number of rotatable bonds is 6. The molecule has 0 spiro atoms. The van der Waals surface area contributed by atoms with Gasteiger partial charge in [-0.25, -0.2) is 6.08 Å². The summed E-state index contributed by atoms with van der Waals surface area (Å²) in [4.78, 5) is 0. The molecule has 108 valence electrons. The van der Waals surface area contributed by atoms with E-state index >= 15 is 0 Å². The molecule has 0 bridgehead atoms. The average Bonchev–Trinajstić information content (AvgIpc) is 2.55. The largest absolute Gasteiger partial charge is 0.343 e. The Hall–Kier alpha value is -2.11. The van der Waals surface area contributed by atoms with Crippen LogP contribution < -0.4 is 0 Å². The Labute approximate surface area is 127 Å². The number of carbonyl (C=O) groups excluding carboxylic acids is 1. The maximum atomic E-state index is 5.76. The molecule has 0 radical (unpaired) electrons. The predicted molar refractivity (Wildman–Crippen MR) is 88.9 cm³/mol. The first-order valence-electron chi connectivity index (χ1n) is 7.63. The molecule has 0 saturated carbocycles. The average molecular weight is 278 g/mol. The van der Waals surface area contributed by atoms with Crippen LogP contribution in [0.15, 0.2) is 71.1 Å². The number of unbranched alkanes of at least 4 members (excludes halogenated alkanes) is 3. The molecule has 2 aliphatic rings. The lowest BCUT2D eigenvalue weighted by molar-refractivity contribution is -0.456. The van der Waals surface area contributed by atoms with Gasteiger partial charge in [0.2, 0.25) is 0 Å². The number of hydrogen-bond acceptors (Lipinski definition) is 0. The fourth-order valence-corrected chi connectivity index (χ4v) is 2.29. The molecule has 21 heavy (non-hydrogen) atoms. The zero-order chi connectivity index (χ0) is 14.9. The van der Waals surface area contributed by atoms with Crippen molar-refractivity contribution in [2.45, 2.75) is 32.6 Å². The summed E-state index contributed by atoms with van der Waals surface area (Å²) in [5.41, 5.74) is 6.33. The second-order valence-corrected chi connectivity index (χ2v) is 5.11. The van der Waals surface area contributed by atoms with Gasteiger partial charge in [-0.3, -0.25) is 11.0 Å². The molecule has 0 aromatic carbocycles. The van der Waals surface area contributed by atoms with Gasteiger partial charge in [0.25, 0.3) is 6.61 Å². The van der Waals surface area contributed by atoms with Crippen molar-refractivity contribution in [1.29, 1.82) is 0 Å². The lowest BCUT2D eigenvalue weighted by Gasteiger charge is -2.16. The zero-order valence-electron chi connectivity index (χ0n) is 12.6. The van der Waals surface area contributed by atoms with Crippen LogP contribution in [0, 0.1) is 6.58 Å². The van der Waals surface area contributed by atoms with Gasteiger partial charge in [-0.15, -0.1) is 11.8 Å². The van der Waals surface area contributed by atoms with Crippen molar-refractivity contribution in [1.82, 2.24) is 0 Å². The standard InChI is InChI=1S/C20H22O/c1-3-5-6-9-16-21-19-14-12-18(13-15-19)20-11-8-7-10-17(20)4-2/h2,4,7,10-15H,3,5-6,9,16H2,1H3. The minimum Gasteiger partial charge on any atom is -0.292 e. The van der Waals surface area contributed by atoms with Gasteiger partial charge in [0.05, 0.1) is 0 Å². The van der Waals surface area contributed by atoms with Crippen molar-refractivity contribution in [3.05, 3.63) is 77.6 Å². The molecule has 0 heterocycles. The molecule has 0 aromatic heterocycles. The minimum absolute atomic E-state index is 0.792. The first kappa shape index (κ1) is 15.3. The zero-order valence-corrected chi connectivity index (χ0v) is 12.6. The van der Waals surface area contributed by atoms with Crippen LogP contribution in [0.5, 0.6) is 0 Å². The van der Waals surface area contributed by atoms with Crippen molar-refractivity contribution in [2.75, 3.05) is 6.61 Å². The third-order valence-electron chi connectivity index (χ3n) is 3.51. The van der Waals surface area contributed by atoms with Gasteiger partial charge in [0, 0.05) is 18.6 Å². The highest BCUT2D eigenvalue weighted by molar-refractivity contribution is 6.01. The molecular formula is C20H22O. The van der Waals surface area contributed by atoms with Crippen molar-refractivity contribution >= 4 is 5.78 Å². The van der Waals surface area contributed by atoms with Crippen LogP contribution in [0.4, 0.5) is 0 Å². The molecule has 2 aliphatic carbocycles. The van der Waals surface area contributed by atoms with E-state index < -0.39 is 0 Å². The summed E-state index contributed by atoms with van der Waals surface area (Å²) in [6.07, 6.45) is 20.5. The second kappa shape index (κ2) is 8.24. The molecule has 0 fully saturated rings. The molecular weight excluding hydrogens is 256 g/mol. The molecule has 0 aromatic rings. The van der Waals surface area contributed by atoms with E-state index in [0.717, 1.165) is 35.5 Å². The SMILES string of the molecule is [CH-]=CC1=CC=C=CC1=C1C=CC(=[O+]CCCCCC)C=C1. The number of hydrogen-bond donors (Lipinski definition) is 0. The van der Waals surface area contributed by atoms with Crippen molar-refractivity contribution < 1.29 is 4.42 Å². The Morgan fingerprint density at radius 3 is 2.67 bits per heavy atom. The highest BCUT2D eigenvalue weighted by Gasteiger charge is 2.09. The summed E-state index contributed by atoms with van der Waals surface area (Å²) in [6, 6.07) is 0. The topological polar surface area (TPSA) is 11.3 Å². The Balaban J connectivity index is 2.01. The molecule has 1 nitrogen and oxygen atoms in total. The Morgan fingerprint density at radius 1 is 1.14 bits per heavy atom. The van der Waals surface area contributed by atoms with E-state index in [-0.39, 0.29) is 0 Å². The van der Waals surface area contributed by atoms with E-state index in [4.69, 9.17) is 11.0 Å². The maximum absolute atomic E-state index is 5.76. The second-order valence-electron chi connectivity index (χ2n) is 5.11. The van der Waals surface area contributed by atoms with Crippen LogP contribution in [-0.2, 0) is 4.42 Å². The van der Waals surface area contributed by atoms with E-state index in [1.54, 1.807) is 6.08 Å². The molecule has 2 rings (SSSR count). The van der Waals surface area contributed by atoms with E-state index in [0.29, 0.717) is 0 Å². The fraction of sp³-hybridized carbons (Fsp3) is 0.300. The van der Waals surface area contributed by atoms with Crippen LogP contribution in [0.2, 0.25) is 0 Å². The van der Waals surface area contributed by atoms with Gasteiger partial charge in [-0.05, 0) is 36.3 Å². The summed E-state index contributed by atoms with van der Waals surface area (Å²) in [7, 11) is 0. The summed E-state index contributed by atoms with van der Waals surface area (Å²) in [5, 5.41) is 0. The van der Waals surface area contributed by atoms with Gasteiger partial charge in [0.1, 0.15) is 0 Å². The molecule has 0 N–H and O–H groups in total. The highest BCUT2D eigenvalue weighted by Crippen LogP contribution is 2.23. The van der Waals surface area contributed by atoms with Crippen LogP contribution >= 0.6 is 0 Å². The summed E-state index contributed by atoms with van der Waals surface area (Å²) in [5.74, 6) is 0.924. The van der Waals surface area contributed by atoms with Crippen LogP contribution in [0.3, 0.4) is 0 Å². The molecule has 0 saturated heterocycles. The van der Waals surface area contributed by atoms with E-state index in [1.165, 1.54) is 19.3 Å². The first-order valence-corrected chi connectivity index (χ1v) is 7.63. The monoisotopic (exact) mass is 278 g/mol. The maximum Gasteiger partial charge on any atom is 0.343 e. The normalized spacial score (nSPS) is 16.4. The van der Waals surface area contributed by atoms with E-state index in [9.17, 15) is 0 Å². The van der Waals surface area contributed by atoms with E-state index in [2.05, 4.69) is 24.8 Å². The summed E-state index contributed by atoms with van der Waals surface area (Å²) < 4.78 is 5.76. The molecule has 0 unspecified atom stereocenters. The van der Waals surface area contributed by atoms with Crippen LogP contribution in [-0.4, -0.2) is 12.4 Å². The smallest absolute Gasteiger partial charge is 0.292 e. The van der Waals surface area contributed by atoms with Crippen molar-refractivity contribution in [3.63, 3.8) is 0 Å².